The summed E-state index contributed by atoms with van der Waals surface area (Å²) in [5, 5.41) is 4.17. The van der Waals surface area contributed by atoms with Crippen molar-refractivity contribution in [1.29, 1.82) is 0 Å². The number of halogens is 1. The maximum Gasteiger partial charge on any atom is 0.0892 e. The summed E-state index contributed by atoms with van der Waals surface area (Å²) in [5.74, 6) is 0. The molecule has 1 aliphatic heterocycles. The van der Waals surface area contributed by atoms with Crippen LogP contribution >= 0.6 is 11.6 Å². The van der Waals surface area contributed by atoms with Crippen molar-refractivity contribution in [2.75, 3.05) is 19.8 Å². The van der Waals surface area contributed by atoms with Gasteiger partial charge in [0.05, 0.1) is 30.3 Å². The monoisotopic (exact) mass is 325 g/mol. The minimum atomic E-state index is 0.174. The van der Waals surface area contributed by atoms with E-state index in [9.17, 15) is 0 Å². The SMILES string of the molecule is Clc1cc(-c2cnc3cccnc3c2)cc(C2COCCN2)c1. The smallest absolute Gasteiger partial charge is 0.0892 e. The van der Waals surface area contributed by atoms with Crippen LogP contribution in [0, 0.1) is 0 Å². The van der Waals surface area contributed by atoms with Gasteiger partial charge in [0.2, 0.25) is 0 Å². The van der Waals surface area contributed by atoms with Gasteiger partial charge >= 0.3 is 0 Å². The summed E-state index contributed by atoms with van der Waals surface area (Å²) >= 11 is 6.33. The first-order chi connectivity index (χ1) is 11.3. The standard InChI is InChI=1S/C18H16ClN3O/c19-15-7-12(6-13(8-15)18-11-23-5-4-21-18)14-9-17-16(22-10-14)2-1-3-20-17/h1-3,6-10,18,21H,4-5,11H2. The molecule has 2 aromatic heterocycles. The molecule has 4 nitrogen and oxygen atoms in total. The first kappa shape index (κ1) is 14.6. The molecule has 1 aliphatic rings. The van der Waals surface area contributed by atoms with Crippen LogP contribution in [0.4, 0.5) is 0 Å². The molecule has 1 unspecified atom stereocenters. The highest BCUT2D eigenvalue weighted by atomic mass is 35.5. The summed E-state index contributed by atoms with van der Waals surface area (Å²) in [6, 6.07) is 12.2. The Labute approximate surface area is 139 Å². The van der Waals surface area contributed by atoms with E-state index < -0.39 is 0 Å². The van der Waals surface area contributed by atoms with E-state index in [1.165, 1.54) is 0 Å². The van der Waals surface area contributed by atoms with E-state index in [0.29, 0.717) is 11.6 Å². The van der Waals surface area contributed by atoms with Gasteiger partial charge in [0, 0.05) is 29.5 Å². The molecule has 0 bridgehead atoms. The van der Waals surface area contributed by atoms with E-state index in [1.807, 2.05) is 36.5 Å². The second-order valence-electron chi connectivity index (χ2n) is 5.62. The van der Waals surface area contributed by atoms with Gasteiger partial charge in [0.1, 0.15) is 0 Å². The highest BCUT2D eigenvalue weighted by molar-refractivity contribution is 6.31. The van der Waals surface area contributed by atoms with Crippen molar-refractivity contribution in [3.8, 4) is 11.1 Å². The molecule has 116 valence electrons. The van der Waals surface area contributed by atoms with Gasteiger partial charge in [-0.2, -0.15) is 0 Å². The second kappa shape index (κ2) is 6.24. The number of rotatable bonds is 2. The predicted molar refractivity (Wildman–Crippen MR) is 91.5 cm³/mol. The molecule has 1 N–H and O–H groups in total. The van der Waals surface area contributed by atoms with Gasteiger partial charge in [-0.15, -0.1) is 0 Å². The molecule has 1 atom stereocenters. The summed E-state index contributed by atoms with van der Waals surface area (Å²) in [5.41, 5.74) is 4.96. The Morgan fingerprint density at radius 1 is 1.09 bits per heavy atom. The normalized spacial score (nSPS) is 18.2. The first-order valence-electron chi connectivity index (χ1n) is 7.62. The molecule has 0 aliphatic carbocycles. The number of pyridine rings is 2. The zero-order valence-corrected chi connectivity index (χ0v) is 13.3. The number of hydrogen-bond acceptors (Lipinski definition) is 4. The molecule has 1 saturated heterocycles. The van der Waals surface area contributed by atoms with E-state index in [-0.39, 0.29) is 6.04 Å². The summed E-state index contributed by atoms with van der Waals surface area (Å²) < 4.78 is 5.55. The molecule has 5 heteroatoms. The van der Waals surface area contributed by atoms with Crippen molar-refractivity contribution in [1.82, 2.24) is 15.3 Å². The Morgan fingerprint density at radius 3 is 2.91 bits per heavy atom. The third-order valence-corrected chi connectivity index (χ3v) is 4.25. The number of ether oxygens (including phenoxy) is 1. The van der Waals surface area contributed by atoms with Crippen LogP contribution in [0.2, 0.25) is 5.02 Å². The van der Waals surface area contributed by atoms with Crippen molar-refractivity contribution in [3.63, 3.8) is 0 Å². The van der Waals surface area contributed by atoms with Gasteiger partial charge in [-0.25, -0.2) is 0 Å². The number of fused-ring (bicyclic) bond motifs is 1. The summed E-state index contributed by atoms with van der Waals surface area (Å²) in [6.45, 7) is 2.27. The van der Waals surface area contributed by atoms with Gasteiger partial charge in [-0.3, -0.25) is 9.97 Å². The van der Waals surface area contributed by atoms with Gasteiger partial charge in [0.25, 0.3) is 0 Å². The number of aromatic nitrogens is 2. The Hall–Kier alpha value is -2.01. The molecule has 1 fully saturated rings. The fourth-order valence-electron chi connectivity index (χ4n) is 2.87. The number of nitrogens with one attached hydrogen (secondary N) is 1. The minimum absolute atomic E-state index is 0.174. The average molecular weight is 326 g/mol. The zero-order chi connectivity index (χ0) is 15.6. The van der Waals surface area contributed by atoms with Gasteiger partial charge in [-0.05, 0) is 47.5 Å². The van der Waals surface area contributed by atoms with Gasteiger partial charge in [-0.1, -0.05) is 11.6 Å². The van der Waals surface area contributed by atoms with Crippen LogP contribution in [0.25, 0.3) is 22.2 Å². The molecule has 0 saturated carbocycles. The number of benzene rings is 1. The lowest BCUT2D eigenvalue weighted by molar-refractivity contribution is 0.0769. The summed E-state index contributed by atoms with van der Waals surface area (Å²) in [7, 11) is 0. The van der Waals surface area contributed by atoms with E-state index in [0.717, 1.165) is 40.9 Å². The van der Waals surface area contributed by atoms with Gasteiger partial charge < -0.3 is 10.1 Å². The van der Waals surface area contributed by atoms with Crippen LogP contribution in [0.5, 0.6) is 0 Å². The average Bonchev–Trinajstić information content (AvgIpc) is 2.61. The lowest BCUT2D eigenvalue weighted by atomic mass is 10.00. The third-order valence-electron chi connectivity index (χ3n) is 4.03. The Kier molecular flexibility index (Phi) is 3.95. The lowest BCUT2D eigenvalue weighted by Crippen LogP contribution is -2.34. The van der Waals surface area contributed by atoms with Crippen molar-refractivity contribution in [2.45, 2.75) is 6.04 Å². The molecule has 3 heterocycles. The number of hydrogen-bond donors (Lipinski definition) is 1. The molecule has 0 amide bonds. The lowest BCUT2D eigenvalue weighted by Gasteiger charge is -2.24. The highest BCUT2D eigenvalue weighted by Gasteiger charge is 2.16. The topological polar surface area (TPSA) is 47.0 Å². The fourth-order valence-corrected chi connectivity index (χ4v) is 3.11. The van der Waals surface area contributed by atoms with Crippen LogP contribution in [0.1, 0.15) is 11.6 Å². The van der Waals surface area contributed by atoms with Crippen molar-refractivity contribution < 1.29 is 4.74 Å². The molecule has 23 heavy (non-hydrogen) atoms. The molecule has 4 rings (SSSR count). The van der Waals surface area contributed by atoms with E-state index in [2.05, 4.69) is 21.4 Å². The van der Waals surface area contributed by atoms with Crippen molar-refractivity contribution in [2.24, 2.45) is 0 Å². The number of morpholine rings is 1. The van der Waals surface area contributed by atoms with Crippen LogP contribution in [0.3, 0.4) is 0 Å². The third kappa shape index (κ3) is 3.06. The largest absolute Gasteiger partial charge is 0.378 e. The molecule has 0 radical (unpaired) electrons. The Morgan fingerprint density at radius 2 is 2.04 bits per heavy atom. The van der Waals surface area contributed by atoms with Crippen LogP contribution in [-0.4, -0.2) is 29.7 Å². The fraction of sp³-hybridized carbons (Fsp3) is 0.222. The second-order valence-corrected chi connectivity index (χ2v) is 6.06. The van der Waals surface area contributed by atoms with Crippen LogP contribution < -0.4 is 5.32 Å². The van der Waals surface area contributed by atoms with Gasteiger partial charge in [0.15, 0.2) is 0 Å². The van der Waals surface area contributed by atoms with Crippen molar-refractivity contribution in [3.05, 3.63) is 59.4 Å². The maximum absolute atomic E-state index is 6.33. The van der Waals surface area contributed by atoms with E-state index >= 15 is 0 Å². The van der Waals surface area contributed by atoms with E-state index in [4.69, 9.17) is 16.3 Å². The minimum Gasteiger partial charge on any atom is -0.378 e. The highest BCUT2D eigenvalue weighted by Crippen LogP contribution is 2.29. The van der Waals surface area contributed by atoms with Crippen LogP contribution in [-0.2, 0) is 4.74 Å². The summed E-state index contributed by atoms with van der Waals surface area (Å²) in [4.78, 5) is 8.86. The zero-order valence-electron chi connectivity index (χ0n) is 12.5. The molecule has 1 aromatic carbocycles. The van der Waals surface area contributed by atoms with Crippen LogP contribution in [0.15, 0.2) is 48.8 Å². The quantitative estimate of drug-likeness (QED) is 0.782. The first-order valence-corrected chi connectivity index (χ1v) is 8.00. The summed E-state index contributed by atoms with van der Waals surface area (Å²) in [6.07, 6.45) is 3.64. The number of nitrogens with zero attached hydrogens (tertiary/aromatic N) is 2. The maximum atomic E-state index is 6.33. The molecular weight excluding hydrogens is 310 g/mol. The molecule has 3 aromatic rings. The molecule has 0 spiro atoms. The Balaban J connectivity index is 1.76. The predicted octanol–water partition coefficient (Wildman–Crippen LogP) is 3.61. The molecular formula is C18H16ClN3O. The van der Waals surface area contributed by atoms with Crippen molar-refractivity contribution >= 4 is 22.6 Å². The van der Waals surface area contributed by atoms with E-state index in [1.54, 1.807) is 6.20 Å². The Bertz CT molecular complexity index is 847.